The summed E-state index contributed by atoms with van der Waals surface area (Å²) in [5.74, 6) is 0.886. The molecule has 1 saturated heterocycles. The predicted octanol–water partition coefficient (Wildman–Crippen LogP) is 3.74. The summed E-state index contributed by atoms with van der Waals surface area (Å²) in [6.45, 7) is 22.8. The molecule has 0 aromatic rings. The Bertz CT molecular complexity index is 552. The van der Waals surface area contributed by atoms with Crippen LogP contribution in [0.15, 0.2) is 41.9 Å². The zero-order chi connectivity index (χ0) is 19.9. The van der Waals surface area contributed by atoms with Crippen LogP contribution in [0.1, 0.15) is 48.0 Å². The average molecular weight is 362 g/mol. The van der Waals surface area contributed by atoms with Crippen molar-refractivity contribution in [1.29, 1.82) is 0 Å². The van der Waals surface area contributed by atoms with Crippen molar-refractivity contribution in [3.8, 4) is 0 Å². The van der Waals surface area contributed by atoms with E-state index in [4.69, 9.17) is 4.74 Å². The van der Waals surface area contributed by atoms with Gasteiger partial charge in [0.1, 0.15) is 5.60 Å². The second kappa shape index (κ2) is 10.0. The molecular formula is C22H39N3O. The fourth-order valence-corrected chi connectivity index (χ4v) is 3.19. The number of epoxide rings is 1. The average Bonchev–Trinajstić information content (AvgIpc) is 3.33. The molecule has 1 aliphatic rings. The number of rotatable bonds is 12. The van der Waals surface area contributed by atoms with E-state index in [1.807, 2.05) is 7.05 Å². The van der Waals surface area contributed by atoms with E-state index in [0.717, 1.165) is 24.3 Å². The van der Waals surface area contributed by atoms with Crippen LogP contribution in [0.2, 0.25) is 0 Å². The Labute approximate surface area is 160 Å². The van der Waals surface area contributed by atoms with Crippen LogP contribution in [-0.4, -0.2) is 37.9 Å². The van der Waals surface area contributed by atoms with Crippen molar-refractivity contribution >= 4 is 0 Å². The van der Waals surface area contributed by atoms with Gasteiger partial charge >= 0.3 is 0 Å². The molecule has 0 spiro atoms. The van der Waals surface area contributed by atoms with E-state index in [1.165, 1.54) is 5.70 Å². The molecule has 148 valence electrons. The fraction of sp³-hybridized carbons (Fsp3) is 0.682. The molecule has 3 N–H and O–H groups in total. The van der Waals surface area contributed by atoms with Gasteiger partial charge in [0.25, 0.3) is 0 Å². The maximum atomic E-state index is 5.61. The van der Waals surface area contributed by atoms with Gasteiger partial charge in [0.2, 0.25) is 0 Å². The fourth-order valence-electron chi connectivity index (χ4n) is 3.19. The summed E-state index contributed by atoms with van der Waals surface area (Å²) >= 11 is 0. The lowest BCUT2D eigenvalue weighted by Gasteiger charge is -2.30. The van der Waals surface area contributed by atoms with E-state index in [-0.39, 0.29) is 17.7 Å². The lowest BCUT2D eigenvalue weighted by atomic mass is 9.88. The van der Waals surface area contributed by atoms with Crippen molar-refractivity contribution in [2.45, 2.75) is 65.6 Å². The first-order chi connectivity index (χ1) is 12.2. The molecule has 0 bridgehead atoms. The van der Waals surface area contributed by atoms with Crippen LogP contribution in [0.3, 0.4) is 0 Å². The summed E-state index contributed by atoms with van der Waals surface area (Å²) < 4.78 is 5.61. The summed E-state index contributed by atoms with van der Waals surface area (Å²) in [6, 6.07) is 0.397. The molecule has 26 heavy (non-hydrogen) atoms. The van der Waals surface area contributed by atoms with Crippen LogP contribution in [0.4, 0.5) is 0 Å². The smallest absolute Gasteiger partial charge is 0.111 e. The van der Waals surface area contributed by atoms with Crippen LogP contribution in [0.25, 0.3) is 0 Å². The number of nitrogens with one attached hydrogen (secondary N) is 3. The Morgan fingerprint density at radius 1 is 1.23 bits per heavy atom. The van der Waals surface area contributed by atoms with Gasteiger partial charge in [0.15, 0.2) is 0 Å². The number of hydrogen-bond donors (Lipinski definition) is 3. The Hall–Kier alpha value is -1.48. The van der Waals surface area contributed by atoms with E-state index in [1.54, 1.807) is 0 Å². The topological polar surface area (TPSA) is 48.6 Å². The minimum absolute atomic E-state index is 0.173. The van der Waals surface area contributed by atoms with Gasteiger partial charge < -0.3 is 20.7 Å². The standard InChI is InChI=1S/C22H39N3O/c1-10-12-18(13-24-19(11-2)21(23-9)16(5)6)25-20(15(3)4)17(7)22(8)14-26-22/h12,15-16,20-21,23-25H,2,7,10,13-14H2,1,3-6,8-9H3/b18-12+. The Morgan fingerprint density at radius 3 is 2.19 bits per heavy atom. The molecule has 4 heteroatoms. The molecule has 0 amide bonds. The van der Waals surface area contributed by atoms with Gasteiger partial charge in [-0.3, -0.25) is 0 Å². The molecule has 0 radical (unpaired) electrons. The Morgan fingerprint density at radius 2 is 1.81 bits per heavy atom. The highest BCUT2D eigenvalue weighted by molar-refractivity contribution is 5.27. The first kappa shape index (κ1) is 22.6. The summed E-state index contributed by atoms with van der Waals surface area (Å²) in [5.41, 5.74) is 6.19. The van der Waals surface area contributed by atoms with Crippen LogP contribution in [0.5, 0.6) is 0 Å². The molecule has 4 nitrogen and oxygen atoms in total. The monoisotopic (exact) mass is 361 g/mol. The molecule has 0 saturated carbocycles. The zero-order valence-corrected chi connectivity index (χ0v) is 17.8. The van der Waals surface area contributed by atoms with Crippen molar-refractivity contribution in [3.63, 3.8) is 0 Å². The largest absolute Gasteiger partial charge is 0.380 e. The molecular weight excluding hydrogens is 322 g/mol. The minimum Gasteiger partial charge on any atom is -0.380 e. The third kappa shape index (κ3) is 6.05. The molecule has 1 rings (SSSR count). The van der Waals surface area contributed by atoms with Crippen molar-refractivity contribution in [1.82, 2.24) is 16.0 Å². The lowest BCUT2D eigenvalue weighted by molar-refractivity contribution is 0.327. The first-order valence-corrected chi connectivity index (χ1v) is 9.80. The van der Waals surface area contributed by atoms with Crippen molar-refractivity contribution < 1.29 is 4.74 Å². The molecule has 0 aromatic carbocycles. The van der Waals surface area contributed by atoms with Gasteiger partial charge in [-0.25, -0.2) is 0 Å². The Kier molecular flexibility index (Phi) is 8.69. The number of allylic oxidation sites excluding steroid dienone is 1. The highest BCUT2D eigenvalue weighted by Crippen LogP contribution is 2.37. The van der Waals surface area contributed by atoms with Crippen molar-refractivity contribution in [3.05, 3.63) is 41.9 Å². The van der Waals surface area contributed by atoms with Gasteiger partial charge in [-0.2, -0.15) is 0 Å². The van der Waals surface area contributed by atoms with Gasteiger partial charge in [-0.1, -0.05) is 53.9 Å². The van der Waals surface area contributed by atoms with E-state index in [0.29, 0.717) is 18.4 Å². The summed E-state index contributed by atoms with van der Waals surface area (Å²) in [7, 11) is 1.97. The molecule has 3 unspecified atom stereocenters. The summed E-state index contributed by atoms with van der Waals surface area (Å²) in [4.78, 5) is 0. The number of ether oxygens (including phenoxy) is 1. The molecule has 0 aromatic heterocycles. The van der Waals surface area contributed by atoms with E-state index in [2.05, 4.69) is 82.5 Å². The third-order valence-electron chi connectivity index (χ3n) is 5.04. The minimum atomic E-state index is -0.173. The lowest BCUT2D eigenvalue weighted by Crippen LogP contribution is -2.43. The van der Waals surface area contributed by atoms with Gasteiger partial charge in [-0.05, 0) is 37.8 Å². The maximum absolute atomic E-state index is 5.61. The van der Waals surface area contributed by atoms with Crippen LogP contribution in [0, 0.1) is 11.8 Å². The van der Waals surface area contributed by atoms with E-state index < -0.39 is 0 Å². The SMILES string of the molecule is C=C=C(NC/C(=C\CC)NC(C(=C)C1(C)CO1)C(C)C)C(NC)C(C)C. The van der Waals surface area contributed by atoms with Crippen LogP contribution >= 0.6 is 0 Å². The highest BCUT2D eigenvalue weighted by Gasteiger charge is 2.45. The predicted molar refractivity (Wildman–Crippen MR) is 112 cm³/mol. The molecule has 1 aliphatic heterocycles. The van der Waals surface area contributed by atoms with Crippen LogP contribution in [-0.2, 0) is 4.74 Å². The molecule has 3 atom stereocenters. The molecule has 1 heterocycles. The van der Waals surface area contributed by atoms with Crippen molar-refractivity contribution in [2.24, 2.45) is 11.8 Å². The van der Waals surface area contributed by atoms with Gasteiger partial charge in [-0.15, -0.1) is 5.73 Å². The maximum Gasteiger partial charge on any atom is 0.111 e. The first-order valence-electron chi connectivity index (χ1n) is 9.80. The van der Waals surface area contributed by atoms with E-state index in [9.17, 15) is 0 Å². The van der Waals surface area contributed by atoms with Crippen molar-refractivity contribution in [2.75, 3.05) is 20.2 Å². The number of hydrogen-bond acceptors (Lipinski definition) is 4. The second-order valence-electron chi connectivity index (χ2n) is 8.00. The normalized spacial score (nSPS) is 22.0. The Balaban J connectivity index is 2.83. The van der Waals surface area contributed by atoms with E-state index >= 15 is 0 Å². The molecule has 1 fully saturated rings. The highest BCUT2D eigenvalue weighted by atomic mass is 16.6. The quantitative estimate of drug-likeness (QED) is 0.281. The number of likely N-dealkylation sites (N-methyl/N-ethyl adjacent to an activating group) is 1. The molecule has 0 aliphatic carbocycles. The summed E-state index contributed by atoms with van der Waals surface area (Å²) in [6.07, 6.45) is 3.21. The van der Waals surface area contributed by atoms with Gasteiger partial charge in [0.05, 0.1) is 30.9 Å². The third-order valence-corrected chi connectivity index (χ3v) is 5.04. The second-order valence-corrected chi connectivity index (χ2v) is 8.00. The summed E-state index contributed by atoms with van der Waals surface area (Å²) in [5, 5.41) is 10.6. The van der Waals surface area contributed by atoms with Crippen LogP contribution < -0.4 is 16.0 Å². The zero-order valence-electron chi connectivity index (χ0n) is 17.8. The van der Waals surface area contributed by atoms with Gasteiger partial charge in [0, 0.05) is 5.70 Å².